The maximum atomic E-state index is 11.8. The summed E-state index contributed by atoms with van der Waals surface area (Å²) in [7, 11) is 0. The molecule has 0 atom stereocenters. The van der Waals surface area contributed by atoms with Gasteiger partial charge in [0.25, 0.3) is 0 Å². The van der Waals surface area contributed by atoms with Crippen LogP contribution in [0.5, 0.6) is 0 Å². The molecule has 0 saturated carbocycles. The van der Waals surface area contributed by atoms with Crippen LogP contribution in [0.15, 0.2) is 17.7 Å². The van der Waals surface area contributed by atoms with Gasteiger partial charge in [0.2, 0.25) is 0 Å². The summed E-state index contributed by atoms with van der Waals surface area (Å²) in [4.78, 5) is 13.8. The van der Waals surface area contributed by atoms with E-state index in [2.05, 4.69) is 15.9 Å². The molecule has 0 bridgehead atoms. The predicted molar refractivity (Wildman–Crippen MR) is 56.7 cm³/mol. The Bertz CT molecular complexity index is 292. The summed E-state index contributed by atoms with van der Waals surface area (Å²) in [5.41, 5.74) is 0. The Balaban J connectivity index is 1.98. The molecule has 2 nitrogen and oxygen atoms in total. The van der Waals surface area contributed by atoms with Crippen molar-refractivity contribution in [2.24, 2.45) is 0 Å². The van der Waals surface area contributed by atoms with Crippen LogP contribution in [0.3, 0.4) is 0 Å². The van der Waals surface area contributed by atoms with E-state index >= 15 is 0 Å². The molecule has 0 unspecified atom stereocenters. The molecular weight excluding hydrogens is 333 g/mol. The zero-order chi connectivity index (χ0) is 9.26. The number of rotatable bonds is 1. The fraction of sp³-hybridized carbons (Fsp3) is 0.444. The van der Waals surface area contributed by atoms with Gasteiger partial charge in [-0.15, -0.1) is 0 Å². The number of amides is 1. The number of hydrogen-bond acceptors (Lipinski definition) is 1. The van der Waals surface area contributed by atoms with E-state index in [-0.39, 0.29) is 0 Å². The van der Waals surface area contributed by atoms with Crippen LogP contribution in [0.2, 0.25) is 0 Å². The molecule has 0 spiro atoms. The summed E-state index contributed by atoms with van der Waals surface area (Å²) in [6, 6.07) is 0. The van der Waals surface area contributed by atoms with Gasteiger partial charge >= 0.3 is 98.1 Å². The van der Waals surface area contributed by atoms with E-state index in [1.807, 2.05) is 17.1 Å². The van der Waals surface area contributed by atoms with E-state index in [0.29, 0.717) is 5.91 Å². The number of carbonyl (C=O) groups is 1. The summed E-state index contributed by atoms with van der Waals surface area (Å²) >= 11 is 2.58. The third-order valence-electron chi connectivity index (χ3n) is 2.36. The molecule has 67 valence electrons. The Kier molecular flexibility index (Phi) is 3.19. The van der Waals surface area contributed by atoms with Crippen molar-refractivity contribution in [1.29, 1.82) is 0 Å². The normalized spacial score (nSPS) is 21.2. The predicted octanol–water partition coefficient (Wildman–Crippen LogP) is 1.45. The van der Waals surface area contributed by atoms with Crippen LogP contribution in [-0.2, 0) is 4.79 Å². The van der Waals surface area contributed by atoms with Crippen molar-refractivity contribution in [3.05, 3.63) is 17.7 Å². The van der Waals surface area contributed by atoms with E-state index in [1.54, 1.807) is 0 Å². The van der Waals surface area contributed by atoms with Crippen molar-refractivity contribution in [3.8, 4) is 0 Å². The van der Waals surface area contributed by atoms with Gasteiger partial charge in [-0.3, -0.25) is 0 Å². The Labute approximate surface area is 97.5 Å². The summed E-state index contributed by atoms with van der Waals surface area (Å²) in [5, 5.41) is 0. The zero-order valence-corrected chi connectivity index (χ0v) is 12.2. The summed E-state index contributed by atoms with van der Waals surface area (Å²) in [5.74, 6) is 0.310. The van der Waals surface area contributed by atoms with Crippen LogP contribution in [0.25, 0.3) is 0 Å². The minimum absolute atomic E-state index is 0.310. The number of halogens is 1. The van der Waals surface area contributed by atoms with Crippen molar-refractivity contribution in [3.63, 3.8) is 0 Å². The first kappa shape index (κ1) is 9.84. The first-order valence-corrected chi connectivity index (χ1v) is 8.58. The molecule has 2 rings (SSSR count). The van der Waals surface area contributed by atoms with Gasteiger partial charge in [-0.25, -0.2) is 0 Å². The van der Waals surface area contributed by atoms with Gasteiger partial charge in [0, 0.05) is 0 Å². The average molecular weight is 343 g/mol. The summed E-state index contributed by atoms with van der Waals surface area (Å²) in [6.07, 6.45) is 6.41. The van der Waals surface area contributed by atoms with E-state index in [1.165, 1.54) is 15.1 Å². The van der Waals surface area contributed by atoms with Crippen LogP contribution in [0.4, 0.5) is 0 Å². The third-order valence-corrected chi connectivity index (χ3v) is 7.63. The molecule has 2 aliphatic heterocycles. The monoisotopic (exact) mass is 342 g/mol. The molecule has 1 radical (unpaired) electrons. The van der Waals surface area contributed by atoms with Crippen LogP contribution < -0.4 is 0 Å². The quantitative estimate of drug-likeness (QED) is 0.706. The molecule has 0 aliphatic carbocycles. The van der Waals surface area contributed by atoms with E-state index in [0.717, 1.165) is 16.4 Å². The van der Waals surface area contributed by atoms with Crippen molar-refractivity contribution in [2.75, 3.05) is 13.1 Å². The molecule has 2 aliphatic rings. The molecule has 0 aromatic carbocycles. The zero-order valence-electron chi connectivity index (χ0n) is 7.29. The minimum atomic E-state index is -0.903. The van der Waals surface area contributed by atoms with E-state index < -0.39 is 22.9 Å². The molecule has 1 amide bonds. The molecule has 1 saturated heterocycles. The molecule has 2 heterocycles. The van der Waals surface area contributed by atoms with Gasteiger partial charge < -0.3 is 0 Å². The number of likely N-dealkylation sites (tertiary alicyclic amines) is 1. The molecule has 1 fully saturated rings. The van der Waals surface area contributed by atoms with Crippen molar-refractivity contribution in [2.45, 2.75) is 12.8 Å². The second kappa shape index (κ2) is 4.22. The molecule has 13 heavy (non-hydrogen) atoms. The fourth-order valence-corrected chi connectivity index (χ4v) is 6.26. The van der Waals surface area contributed by atoms with Crippen molar-refractivity contribution in [1.82, 2.24) is 4.90 Å². The molecule has 0 aromatic rings. The van der Waals surface area contributed by atoms with Gasteiger partial charge in [-0.2, -0.15) is 0 Å². The van der Waals surface area contributed by atoms with Crippen LogP contribution in [0.1, 0.15) is 12.8 Å². The van der Waals surface area contributed by atoms with Gasteiger partial charge in [0.15, 0.2) is 0 Å². The van der Waals surface area contributed by atoms with Gasteiger partial charge in [0.05, 0.1) is 0 Å². The molecule has 0 aromatic heterocycles. The second-order valence-electron chi connectivity index (χ2n) is 3.32. The fourth-order valence-electron chi connectivity index (χ4n) is 1.65. The molecular formula is C9H10BrInNO. The van der Waals surface area contributed by atoms with Crippen molar-refractivity contribution < 1.29 is 4.79 Å². The number of hydrogen-bond donors (Lipinski definition) is 0. The SMILES string of the molecule is O=C([C]1=CC=[C](Br)[In]1)N1CCCC1. The van der Waals surface area contributed by atoms with Gasteiger partial charge in [-0.1, -0.05) is 0 Å². The topological polar surface area (TPSA) is 20.3 Å². The second-order valence-corrected chi connectivity index (χ2v) is 11.0. The summed E-state index contributed by atoms with van der Waals surface area (Å²) < 4.78 is 2.41. The average Bonchev–Trinajstić information content (AvgIpc) is 2.72. The van der Waals surface area contributed by atoms with E-state index in [4.69, 9.17) is 0 Å². The molecule has 0 N–H and O–H groups in total. The Morgan fingerprint density at radius 1 is 1.38 bits per heavy atom. The Hall–Kier alpha value is 0.300. The number of carbonyl (C=O) groups excluding carboxylic acids is 1. The van der Waals surface area contributed by atoms with Crippen LogP contribution in [0, 0.1) is 0 Å². The first-order chi connectivity index (χ1) is 6.27. The number of allylic oxidation sites excluding steroid dienone is 2. The molecule has 4 heteroatoms. The Morgan fingerprint density at radius 3 is 2.62 bits per heavy atom. The van der Waals surface area contributed by atoms with E-state index in [9.17, 15) is 4.79 Å². The number of nitrogens with zero attached hydrogens (tertiary/aromatic N) is 1. The summed E-state index contributed by atoms with van der Waals surface area (Å²) in [6.45, 7) is 1.94. The first-order valence-electron chi connectivity index (χ1n) is 4.49. The Morgan fingerprint density at radius 2 is 2.08 bits per heavy atom. The third kappa shape index (κ3) is 2.21. The van der Waals surface area contributed by atoms with Crippen LogP contribution >= 0.6 is 15.9 Å². The van der Waals surface area contributed by atoms with Gasteiger partial charge in [0.1, 0.15) is 0 Å². The standard InChI is InChI=1S/C9H10BrNO.In/c10-6-2-1-5-9(12)11-7-3-4-8-11;/h1-2H,3-4,7-8H2;. The van der Waals surface area contributed by atoms with Crippen LogP contribution in [-0.4, -0.2) is 46.8 Å². The maximum absolute atomic E-state index is 11.8. The van der Waals surface area contributed by atoms with Gasteiger partial charge in [-0.05, 0) is 0 Å². The van der Waals surface area contributed by atoms with Crippen molar-refractivity contribution >= 4 is 44.7 Å².